The SMILES string of the molecule is COC(=O)C(COCCCN1CCN(C2=Nc3ccccc3Nc3sc(C)cc32)CC1)NC(=O)OC(C)(C)C. The summed E-state index contributed by atoms with van der Waals surface area (Å²) in [5, 5.41) is 7.24. The van der Waals surface area contributed by atoms with Crippen LogP contribution in [0.5, 0.6) is 0 Å². The van der Waals surface area contributed by atoms with E-state index < -0.39 is 23.7 Å². The van der Waals surface area contributed by atoms with Gasteiger partial charge in [-0.1, -0.05) is 12.1 Å². The summed E-state index contributed by atoms with van der Waals surface area (Å²) in [4.78, 5) is 35.2. The molecule has 4 rings (SSSR count). The Morgan fingerprint density at radius 2 is 1.92 bits per heavy atom. The molecule has 1 amide bonds. The monoisotopic (exact) mass is 557 g/mol. The van der Waals surface area contributed by atoms with Crippen molar-refractivity contribution in [1.82, 2.24) is 15.1 Å². The molecule has 0 saturated carbocycles. The molecule has 0 radical (unpaired) electrons. The summed E-state index contributed by atoms with van der Waals surface area (Å²) in [6.45, 7) is 12.4. The van der Waals surface area contributed by atoms with E-state index >= 15 is 0 Å². The van der Waals surface area contributed by atoms with Gasteiger partial charge in [0.25, 0.3) is 0 Å². The summed E-state index contributed by atoms with van der Waals surface area (Å²) in [7, 11) is 1.28. The molecule has 0 aliphatic carbocycles. The molecule has 39 heavy (non-hydrogen) atoms. The van der Waals surface area contributed by atoms with Crippen molar-refractivity contribution in [2.75, 3.05) is 58.4 Å². The Bertz CT molecular complexity index is 1180. The smallest absolute Gasteiger partial charge is 0.408 e. The van der Waals surface area contributed by atoms with E-state index in [1.165, 1.54) is 12.0 Å². The number of nitrogens with one attached hydrogen (secondary N) is 2. The minimum absolute atomic E-state index is 0.0252. The summed E-state index contributed by atoms with van der Waals surface area (Å²) in [5.41, 5.74) is 2.49. The van der Waals surface area contributed by atoms with Crippen molar-refractivity contribution in [3.8, 4) is 0 Å². The maximum absolute atomic E-state index is 12.1. The molecule has 1 saturated heterocycles. The number of carbonyl (C=O) groups is 2. The van der Waals surface area contributed by atoms with Gasteiger partial charge in [0.15, 0.2) is 6.04 Å². The number of para-hydroxylation sites is 2. The standard InChI is InChI=1S/C28H39N5O5S/c1-19-17-20-24(29-21-9-6-7-10-22(21)30-25(20)39-19)33-14-12-32(13-15-33)11-8-16-37-18-23(26(34)36-5)31-27(35)38-28(2,3)4/h6-7,9-10,17,23,30H,8,11-16,18H2,1-5H3,(H,31,35). The number of aliphatic imine (C=N–C) groups is 1. The van der Waals surface area contributed by atoms with E-state index in [9.17, 15) is 9.59 Å². The Balaban J connectivity index is 1.24. The molecule has 2 aliphatic heterocycles. The number of amidine groups is 1. The lowest BCUT2D eigenvalue weighted by Gasteiger charge is -2.36. The van der Waals surface area contributed by atoms with E-state index in [0.29, 0.717) is 6.61 Å². The Hall–Kier alpha value is -3.15. The molecule has 2 aromatic rings. The van der Waals surface area contributed by atoms with Gasteiger partial charge in [0, 0.05) is 44.2 Å². The fourth-order valence-electron chi connectivity index (χ4n) is 4.52. The highest BCUT2D eigenvalue weighted by Gasteiger charge is 2.27. The van der Waals surface area contributed by atoms with E-state index in [-0.39, 0.29) is 6.61 Å². The van der Waals surface area contributed by atoms with E-state index in [1.54, 1.807) is 32.1 Å². The zero-order valence-corrected chi connectivity index (χ0v) is 24.2. The molecule has 10 nitrogen and oxygen atoms in total. The number of alkyl carbamates (subject to hydrolysis) is 1. The number of nitrogens with zero attached hydrogens (tertiary/aromatic N) is 3. The maximum atomic E-state index is 12.1. The second-order valence-corrected chi connectivity index (χ2v) is 11.9. The lowest BCUT2D eigenvalue weighted by molar-refractivity contribution is -0.144. The van der Waals surface area contributed by atoms with E-state index in [2.05, 4.69) is 45.6 Å². The van der Waals surface area contributed by atoms with Crippen LogP contribution in [0.2, 0.25) is 0 Å². The zero-order chi connectivity index (χ0) is 28.0. The highest BCUT2D eigenvalue weighted by Crippen LogP contribution is 2.39. The van der Waals surface area contributed by atoms with Gasteiger partial charge in [-0.3, -0.25) is 4.90 Å². The number of thiophene rings is 1. The van der Waals surface area contributed by atoms with Crippen molar-refractivity contribution in [3.63, 3.8) is 0 Å². The molecule has 1 aromatic carbocycles. The third kappa shape index (κ3) is 7.93. The van der Waals surface area contributed by atoms with Crippen LogP contribution < -0.4 is 10.6 Å². The molecule has 212 valence electrons. The zero-order valence-electron chi connectivity index (χ0n) is 23.4. The molecule has 1 atom stereocenters. The highest BCUT2D eigenvalue weighted by atomic mass is 32.1. The molecule has 11 heteroatoms. The Morgan fingerprint density at radius 3 is 2.64 bits per heavy atom. The van der Waals surface area contributed by atoms with Gasteiger partial charge in [-0.2, -0.15) is 0 Å². The molecular formula is C28H39N5O5S. The maximum Gasteiger partial charge on any atom is 0.408 e. The molecule has 1 fully saturated rings. The highest BCUT2D eigenvalue weighted by molar-refractivity contribution is 7.16. The van der Waals surface area contributed by atoms with Gasteiger partial charge in [-0.15, -0.1) is 11.3 Å². The van der Waals surface area contributed by atoms with Crippen molar-refractivity contribution in [2.24, 2.45) is 4.99 Å². The van der Waals surface area contributed by atoms with Crippen molar-refractivity contribution in [2.45, 2.75) is 45.8 Å². The minimum Gasteiger partial charge on any atom is -0.467 e. The van der Waals surface area contributed by atoms with Crippen LogP contribution in [0.15, 0.2) is 35.3 Å². The first-order valence-corrected chi connectivity index (χ1v) is 14.1. The quantitative estimate of drug-likeness (QED) is 0.366. The molecule has 0 spiro atoms. The van der Waals surface area contributed by atoms with Crippen LogP contribution in [-0.2, 0) is 19.0 Å². The normalized spacial score (nSPS) is 16.2. The first-order valence-electron chi connectivity index (χ1n) is 13.3. The molecule has 1 aromatic heterocycles. The molecule has 0 bridgehead atoms. The molecular weight excluding hydrogens is 518 g/mol. The molecule has 1 unspecified atom stereocenters. The molecule has 2 aliphatic rings. The second kappa shape index (κ2) is 12.8. The summed E-state index contributed by atoms with van der Waals surface area (Å²) in [5.74, 6) is 0.460. The van der Waals surface area contributed by atoms with Gasteiger partial charge in [0.2, 0.25) is 0 Å². The summed E-state index contributed by atoms with van der Waals surface area (Å²) >= 11 is 1.76. The molecule has 3 heterocycles. The number of hydrogen-bond donors (Lipinski definition) is 2. The van der Waals surface area contributed by atoms with E-state index in [0.717, 1.165) is 66.9 Å². The molecule has 2 N–H and O–H groups in total. The number of hydrogen-bond acceptors (Lipinski definition) is 10. The number of piperazine rings is 1. The minimum atomic E-state index is -0.918. The third-order valence-corrected chi connectivity index (χ3v) is 7.34. The number of aryl methyl sites for hydroxylation is 1. The first kappa shape index (κ1) is 28.8. The number of amides is 1. The van der Waals surface area contributed by atoms with Gasteiger partial charge in [0.1, 0.15) is 16.4 Å². The largest absolute Gasteiger partial charge is 0.467 e. The fourth-order valence-corrected chi connectivity index (χ4v) is 5.44. The number of anilines is 2. The Labute approximate surface area is 234 Å². The van der Waals surface area contributed by atoms with Crippen LogP contribution in [0.3, 0.4) is 0 Å². The Morgan fingerprint density at radius 1 is 1.18 bits per heavy atom. The van der Waals surface area contributed by atoms with Gasteiger partial charge in [0.05, 0.1) is 30.7 Å². The van der Waals surface area contributed by atoms with Crippen LogP contribution >= 0.6 is 11.3 Å². The fraction of sp³-hybridized carbons (Fsp3) is 0.536. The van der Waals surface area contributed by atoms with E-state index in [1.807, 2.05) is 12.1 Å². The number of rotatable bonds is 8. The topological polar surface area (TPSA) is 105 Å². The van der Waals surface area contributed by atoms with Crippen LogP contribution in [0.1, 0.15) is 37.6 Å². The lowest BCUT2D eigenvalue weighted by Crippen LogP contribution is -2.49. The van der Waals surface area contributed by atoms with Gasteiger partial charge in [-0.25, -0.2) is 14.6 Å². The average Bonchev–Trinajstić information content (AvgIpc) is 3.18. The van der Waals surface area contributed by atoms with Crippen molar-refractivity contribution in [1.29, 1.82) is 0 Å². The van der Waals surface area contributed by atoms with Gasteiger partial charge < -0.3 is 29.7 Å². The number of fused-ring (bicyclic) bond motifs is 2. The van der Waals surface area contributed by atoms with Crippen LogP contribution in [0, 0.1) is 6.92 Å². The van der Waals surface area contributed by atoms with Crippen molar-refractivity contribution in [3.05, 3.63) is 40.8 Å². The second-order valence-electron chi connectivity index (χ2n) is 10.7. The van der Waals surface area contributed by atoms with Crippen LogP contribution in [-0.4, -0.2) is 92.4 Å². The number of benzene rings is 1. The Kier molecular flexibility index (Phi) is 9.47. The van der Waals surface area contributed by atoms with Gasteiger partial charge in [-0.05, 0) is 52.3 Å². The summed E-state index contributed by atoms with van der Waals surface area (Å²) in [6.07, 6.45) is 0.133. The lowest BCUT2D eigenvalue weighted by atomic mass is 10.2. The summed E-state index contributed by atoms with van der Waals surface area (Å²) in [6, 6.07) is 9.48. The average molecular weight is 558 g/mol. The van der Waals surface area contributed by atoms with Crippen molar-refractivity contribution < 1.29 is 23.8 Å². The third-order valence-electron chi connectivity index (χ3n) is 6.37. The number of methoxy groups -OCH3 is 1. The van der Waals surface area contributed by atoms with Gasteiger partial charge >= 0.3 is 12.1 Å². The predicted molar refractivity (Wildman–Crippen MR) is 154 cm³/mol. The van der Waals surface area contributed by atoms with Crippen LogP contribution in [0.4, 0.5) is 21.2 Å². The van der Waals surface area contributed by atoms with Crippen molar-refractivity contribution >= 4 is 45.6 Å². The van der Waals surface area contributed by atoms with Crippen LogP contribution in [0.25, 0.3) is 0 Å². The number of esters is 1. The summed E-state index contributed by atoms with van der Waals surface area (Å²) < 4.78 is 15.7. The number of carbonyl (C=O) groups excluding carboxylic acids is 2. The number of ether oxygens (including phenoxy) is 3. The predicted octanol–water partition coefficient (Wildman–Crippen LogP) is 4.28. The first-order chi connectivity index (χ1) is 18.6. The van der Waals surface area contributed by atoms with E-state index in [4.69, 9.17) is 19.2 Å².